The van der Waals surface area contributed by atoms with Crippen LogP contribution >= 0.6 is 0 Å². The molecular formula is C15H23N3O. The summed E-state index contributed by atoms with van der Waals surface area (Å²) in [5.74, 6) is 0.669. The molecule has 2 fully saturated rings. The predicted molar refractivity (Wildman–Crippen MR) is 73.6 cm³/mol. The first-order valence-corrected chi connectivity index (χ1v) is 7.21. The molecule has 0 aromatic carbocycles. The third-order valence-electron chi connectivity index (χ3n) is 4.67. The van der Waals surface area contributed by atoms with Crippen LogP contribution in [0.25, 0.3) is 0 Å². The van der Waals surface area contributed by atoms with Gasteiger partial charge in [0.25, 0.3) is 0 Å². The molecule has 1 aliphatic carbocycles. The van der Waals surface area contributed by atoms with Crippen LogP contribution in [-0.4, -0.2) is 28.7 Å². The quantitative estimate of drug-likeness (QED) is 0.905. The molecule has 3 atom stereocenters. The van der Waals surface area contributed by atoms with E-state index in [0.29, 0.717) is 18.1 Å². The van der Waals surface area contributed by atoms with E-state index in [4.69, 9.17) is 4.74 Å². The molecule has 1 saturated heterocycles. The highest BCUT2D eigenvalue weighted by molar-refractivity contribution is 5.11. The van der Waals surface area contributed by atoms with Crippen LogP contribution in [0.2, 0.25) is 0 Å². The third kappa shape index (κ3) is 2.28. The summed E-state index contributed by atoms with van der Waals surface area (Å²) in [6.45, 7) is 8.30. The fourth-order valence-corrected chi connectivity index (χ4v) is 3.66. The first kappa shape index (κ1) is 13.0. The van der Waals surface area contributed by atoms with Crippen molar-refractivity contribution in [3.8, 4) is 0 Å². The van der Waals surface area contributed by atoms with E-state index in [-0.39, 0.29) is 5.41 Å². The average molecular weight is 261 g/mol. The SMILES string of the molecule is Cc1cnc(CNC2C3CCCOC3C2(C)C)cn1. The predicted octanol–water partition coefficient (Wildman–Crippen LogP) is 2.08. The maximum atomic E-state index is 5.92. The van der Waals surface area contributed by atoms with E-state index in [0.717, 1.165) is 24.5 Å². The number of aryl methyl sites for hydroxylation is 1. The molecule has 1 aromatic rings. The van der Waals surface area contributed by atoms with Gasteiger partial charge in [0.15, 0.2) is 0 Å². The van der Waals surface area contributed by atoms with Gasteiger partial charge in [-0.25, -0.2) is 0 Å². The Balaban J connectivity index is 1.62. The van der Waals surface area contributed by atoms with Crippen LogP contribution in [0.3, 0.4) is 0 Å². The lowest BCUT2D eigenvalue weighted by Gasteiger charge is -2.60. The summed E-state index contributed by atoms with van der Waals surface area (Å²) in [4.78, 5) is 8.70. The van der Waals surface area contributed by atoms with Gasteiger partial charge in [0.05, 0.1) is 17.5 Å². The molecule has 4 heteroatoms. The van der Waals surface area contributed by atoms with Crippen LogP contribution in [0.15, 0.2) is 12.4 Å². The summed E-state index contributed by atoms with van der Waals surface area (Å²) < 4.78 is 5.92. The highest BCUT2D eigenvalue weighted by Crippen LogP contribution is 2.51. The molecule has 1 aromatic heterocycles. The molecule has 3 rings (SSSR count). The highest BCUT2D eigenvalue weighted by Gasteiger charge is 2.57. The molecule has 0 bridgehead atoms. The Labute approximate surface area is 115 Å². The molecule has 19 heavy (non-hydrogen) atoms. The topological polar surface area (TPSA) is 47.0 Å². The maximum Gasteiger partial charge on any atom is 0.0724 e. The molecule has 0 amide bonds. The summed E-state index contributed by atoms with van der Waals surface area (Å²) in [6.07, 6.45) is 6.60. The van der Waals surface area contributed by atoms with E-state index in [1.54, 1.807) is 0 Å². The van der Waals surface area contributed by atoms with Crippen LogP contribution in [-0.2, 0) is 11.3 Å². The maximum absolute atomic E-state index is 5.92. The first-order valence-electron chi connectivity index (χ1n) is 7.21. The van der Waals surface area contributed by atoms with E-state index in [2.05, 4.69) is 29.1 Å². The van der Waals surface area contributed by atoms with Crippen LogP contribution in [0, 0.1) is 18.3 Å². The van der Waals surface area contributed by atoms with Crippen molar-refractivity contribution in [1.29, 1.82) is 0 Å². The molecule has 4 nitrogen and oxygen atoms in total. The largest absolute Gasteiger partial charge is 0.377 e. The van der Waals surface area contributed by atoms with Crippen molar-refractivity contribution in [2.24, 2.45) is 11.3 Å². The van der Waals surface area contributed by atoms with Gasteiger partial charge in [-0.15, -0.1) is 0 Å². The van der Waals surface area contributed by atoms with Gasteiger partial charge < -0.3 is 10.1 Å². The van der Waals surface area contributed by atoms with Crippen molar-refractivity contribution in [2.45, 2.75) is 52.3 Å². The number of hydrogen-bond donors (Lipinski definition) is 1. The van der Waals surface area contributed by atoms with Crippen LogP contribution < -0.4 is 5.32 Å². The van der Waals surface area contributed by atoms with Crippen LogP contribution in [0.4, 0.5) is 0 Å². The zero-order valence-corrected chi connectivity index (χ0v) is 12.0. The van der Waals surface area contributed by atoms with E-state index in [9.17, 15) is 0 Å². The normalized spacial score (nSPS) is 32.5. The van der Waals surface area contributed by atoms with Crippen molar-refractivity contribution in [3.05, 3.63) is 23.8 Å². The van der Waals surface area contributed by atoms with E-state index in [1.165, 1.54) is 12.8 Å². The summed E-state index contributed by atoms with van der Waals surface area (Å²) in [5, 5.41) is 3.66. The molecule has 2 heterocycles. The number of fused-ring (bicyclic) bond motifs is 1. The van der Waals surface area contributed by atoms with Gasteiger partial charge in [0.1, 0.15) is 0 Å². The monoisotopic (exact) mass is 261 g/mol. The Morgan fingerprint density at radius 3 is 2.95 bits per heavy atom. The van der Waals surface area contributed by atoms with Crippen LogP contribution in [0.1, 0.15) is 38.1 Å². The van der Waals surface area contributed by atoms with E-state index >= 15 is 0 Å². The number of rotatable bonds is 3. The molecule has 3 unspecified atom stereocenters. The Hall–Kier alpha value is -1.00. The van der Waals surface area contributed by atoms with E-state index in [1.807, 2.05) is 19.3 Å². The molecule has 0 spiro atoms. The zero-order valence-electron chi connectivity index (χ0n) is 12.0. The lowest BCUT2D eigenvalue weighted by Crippen LogP contribution is -2.69. The molecular weight excluding hydrogens is 238 g/mol. The highest BCUT2D eigenvalue weighted by atomic mass is 16.5. The minimum absolute atomic E-state index is 0.225. The number of nitrogens with zero attached hydrogens (tertiary/aromatic N) is 2. The average Bonchev–Trinajstić information content (AvgIpc) is 2.41. The minimum atomic E-state index is 0.225. The Morgan fingerprint density at radius 1 is 1.37 bits per heavy atom. The lowest BCUT2D eigenvalue weighted by atomic mass is 9.55. The van der Waals surface area contributed by atoms with Crippen molar-refractivity contribution < 1.29 is 4.74 Å². The zero-order chi connectivity index (χ0) is 13.5. The second-order valence-corrected chi connectivity index (χ2v) is 6.43. The minimum Gasteiger partial charge on any atom is -0.377 e. The van der Waals surface area contributed by atoms with Crippen LogP contribution in [0.5, 0.6) is 0 Å². The van der Waals surface area contributed by atoms with Gasteiger partial charge in [0, 0.05) is 42.9 Å². The van der Waals surface area contributed by atoms with Gasteiger partial charge in [0.2, 0.25) is 0 Å². The van der Waals surface area contributed by atoms with Gasteiger partial charge >= 0.3 is 0 Å². The molecule has 2 aliphatic rings. The smallest absolute Gasteiger partial charge is 0.0724 e. The second kappa shape index (κ2) is 4.84. The fourth-order valence-electron chi connectivity index (χ4n) is 3.66. The number of hydrogen-bond acceptors (Lipinski definition) is 4. The molecule has 0 radical (unpaired) electrons. The fraction of sp³-hybridized carbons (Fsp3) is 0.733. The Morgan fingerprint density at radius 2 is 2.21 bits per heavy atom. The summed E-state index contributed by atoms with van der Waals surface area (Å²) in [7, 11) is 0. The lowest BCUT2D eigenvalue weighted by molar-refractivity contribution is -0.193. The first-order chi connectivity index (χ1) is 9.09. The van der Waals surface area contributed by atoms with E-state index < -0.39 is 0 Å². The standard InChI is InChI=1S/C15H23N3O/c1-10-7-17-11(8-16-10)9-18-13-12-5-4-6-19-14(12)15(13,2)3/h7-8,12-14,18H,4-6,9H2,1-3H3. The second-order valence-electron chi connectivity index (χ2n) is 6.43. The number of aromatic nitrogens is 2. The van der Waals surface area contributed by atoms with Crippen molar-refractivity contribution in [3.63, 3.8) is 0 Å². The number of nitrogens with one attached hydrogen (secondary N) is 1. The summed E-state index contributed by atoms with van der Waals surface area (Å²) >= 11 is 0. The van der Waals surface area contributed by atoms with Gasteiger partial charge in [-0.05, 0) is 19.8 Å². The summed E-state index contributed by atoms with van der Waals surface area (Å²) in [5.41, 5.74) is 2.21. The van der Waals surface area contributed by atoms with Crippen molar-refractivity contribution in [2.75, 3.05) is 6.61 Å². The van der Waals surface area contributed by atoms with Gasteiger partial charge in [-0.3, -0.25) is 9.97 Å². The Kier molecular flexibility index (Phi) is 3.31. The van der Waals surface area contributed by atoms with Gasteiger partial charge in [-0.1, -0.05) is 13.8 Å². The molecule has 104 valence electrons. The Bertz CT molecular complexity index is 443. The summed E-state index contributed by atoms with van der Waals surface area (Å²) in [6, 6.07) is 0.529. The molecule has 1 aliphatic heterocycles. The molecule has 1 N–H and O–H groups in total. The van der Waals surface area contributed by atoms with Crippen molar-refractivity contribution >= 4 is 0 Å². The third-order valence-corrected chi connectivity index (χ3v) is 4.67. The van der Waals surface area contributed by atoms with Crippen molar-refractivity contribution in [1.82, 2.24) is 15.3 Å². The number of ether oxygens (including phenoxy) is 1. The molecule has 1 saturated carbocycles. The van der Waals surface area contributed by atoms with Gasteiger partial charge in [-0.2, -0.15) is 0 Å².